The van der Waals surface area contributed by atoms with Crippen LogP contribution in [0.1, 0.15) is 32.9 Å². The predicted octanol–water partition coefficient (Wildman–Crippen LogP) is 4.71. The number of carbonyl (C=O) groups excluding carboxylic acids is 1. The number of ether oxygens (including phenoxy) is 1. The molecule has 0 atom stereocenters. The number of anilines is 1. The molecule has 0 saturated heterocycles. The van der Waals surface area contributed by atoms with Crippen molar-refractivity contribution in [2.75, 3.05) is 5.32 Å². The van der Waals surface area contributed by atoms with E-state index in [9.17, 15) is 13.6 Å². The molecule has 1 N–H and O–H groups in total. The van der Waals surface area contributed by atoms with Crippen molar-refractivity contribution in [3.05, 3.63) is 76.6 Å². The van der Waals surface area contributed by atoms with Gasteiger partial charge in [0.15, 0.2) is 0 Å². The molecule has 0 bridgehead atoms. The van der Waals surface area contributed by atoms with E-state index in [1.54, 1.807) is 0 Å². The van der Waals surface area contributed by atoms with Crippen molar-refractivity contribution in [3.63, 3.8) is 0 Å². The van der Waals surface area contributed by atoms with Crippen LogP contribution in [0.4, 0.5) is 14.5 Å². The van der Waals surface area contributed by atoms with E-state index in [2.05, 4.69) is 15.2 Å². The van der Waals surface area contributed by atoms with Gasteiger partial charge in [0.2, 0.25) is 0 Å². The summed E-state index contributed by atoms with van der Waals surface area (Å²) in [7, 11) is 0. The number of amides is 1. The number of benzene rings is 2. The minimum Gasteiger partial charge on any atom is -0.435 e. The Hall–Kier alpha value is -3.22. The summed E-state index contributed by atoms with van der Waals surface area (Å²) in [5.74, 6) is -0.479. The Balaban J connectivity index is 1.80. The fourth-order valence-electron chi connectivity index (χ4n) is 2.98. The molecule has 0 spiro atoms. The van der Waals surface area contributed by atoms with Crippen LogP contribution in [0, 0.1) is 20.8 Å². The van der Waals surface area contributed by atoms with E-state index < -0.39 is 12.5 Å². The van der Waals surface area contributed by atoms with Crippen LogP contribution in [0.3, 0.4) is 0 Å². The average molecular weight is 385 g/mol. The molecular weight excluding hydrogens is 364 g/mol. The largest absolute Gasteiger partial charge is 0.435 e. The third-order valence-electron chi connectivity index (χ3n) is 4.52. The summed E-state index contributed by atoms with van der Waals surface area (Å²) in [6, 6.07) is 13.7. The van der Waals surface area contributed by atoms with Crippen LogP contribution >= 0.6 is 0 Å². The van der Waals surface area contributed by atoms with E-state index in [0.29, 0.717) is 17.9 Å². The molecule has 0 saturated carbocycles. The highest BCUT2D eigenvalue weighted by molar-refractivity contribution is 6.05. The summed E-state index contributed by atoms with van der Waals surface area (Å²) in [6.07, 6.45) is 0. The molecule has 0 aliphatic heterocycles. The second-order valence-corrected chi connectivity index (χ2v) is 6.49. The molecule has 146 valence electrons. The quantitative estimate of drug-likeness (QED) is 0.669. The number of aromatic nitrogens is 2. The zero-order chi connectivity index (χ0) is 20.3. The lowest BCUT2D eigenvalue weighted by molar-refractivity contribution is -0.0498. The number of aryl methyl sites for hydroxylation is 2. The normalized spacial score (nSPS) is 10.9. The van der Waals surface area contributed by atoms with Crippen molar-refractivity contribution in [3.8, 4) is 5.75 Å². The Labute approximate surface area is 161 Å². The maximum absolute atomic E-state index is 12.6. The Morgan fingerprint density at radius 2 is 1.89 bits per heavy atom. The molecule has 7 heteroatoms. The minimum atomic E-state index is -2.94. The highest BCUT2D eigenvalue weighted by Crippen LogP contribution is 2.23. The van der Waals surface area contributed by atoms with Crippen LogP contribution < -0.4 is 10.1 Å². The SMILES string of the molecule is Cc1ccccc1Cn1nc(C)c(NC(=O)c2cccc(OC(F)F)c2)c1C. The number of halogens is 2. The molecule has 1 aromatic heterocycles. The monoisotopic (exact) mass is 385 g/mol. The standard InChI is InChI=1S/C21H21F2N3O2/c1-13-7-4-5-8-17(13)12-26-15(3)19(14(2)25-26)24-20(27)16-9-6-10-18(11-16)28-21(22)23/h4-11,21H,12H2,1-3H3,(H,24,27). The fourth-order valence-corrected chi connectivity index (χ4v) is 2.98. The number of carbonyl (C=O) groups is 1. The second-order valence-electron chi connectivity index (χ2n) is 6.49. The van der Waals surface area contributed by atoms with Crippen LogP contribution in [0.5, 0.6) is 5.75 Å². The fraction of sp³-hybridized carbons (Fsp3) is 0.238. The van der Waals surface area contributed by atoms with Gasteiger partial charge in [0, 0.05) is 5.56 Å². The molecule has 5 nitrogen and oxygen atoms in total. The van der Waals surface area contributed by atoms with Gasteiger partial charge in [0.1, 0.15) is 5.75 Å². The van der Waals surface area contributed by atoms with Crippen molar-refractivity contribution in [2.24, 2.45) is 0 Å². The molecule has 3 rings (SSSR count). The molecule has 1 amide bonds. The lowest BCUT2D eigenvalue weighted by Crippen LogP contribution is -2.14. The number of nitrogens with zero attached hydrogens (tertiary/aromatic N) is 2. The highest BCUT2D eigenvalue weighted by atomic mass is 19.3. The third-order valence-corrected chi connectivity index (χ3v) is 4.52. The molecule has 2 aromatic carbocycles. The van der Waals surface area contributed by atoms with Crippen molar-refractivity contribution in [2.45, 2.75) is 33.9 Å². The van der Waals surface area contributed by atoms with E-state index in [4.69, 9.17) is 0 Å². The topological polar surface area (TPSA) is 56.2 Å². The van der Waals surface area contributed by atoms with Gasteiger partial charge in [-0.1, -0.05) is 30.3 Å². The van der Waals surface area contributed by atoms with Crippen molar-refractivity contribution in [1.82, 2.24) is 9.78 Å². The molecule has 0 radical (unpaired) electrons. The van der Waals surface area contributed by atoms with Gasteiger partial charge < -0.3 is 10.1 Å². The minimum absolute atomic E-state index is 0.0636. The Kier molecular flexibility index (Phi) is 5.73. The van der Waals surface area contributed by atoms with E-state index in [-0.39, 0.29) is 11.3 Å². The smallest absolute Gasteiger partial charge is 0.387 e. The molecular formula is C21H21F2N3O2. The van der Waals surface area contributed by atoms with Crippen LogP contribution in [0.15, 0.2) is 48.5 Å². The molecule has 28 heavy (non-hydrogen) atoms. The van der Waals surface area contributed by atoms with E-state index in [1.165, 1.54) is 24.3 Å². The van der Waals surface area contributed by atoms with Gasteiger partial charge in [0.25, 0.3) is 5.91 Å². The lowest BCUT2D eigenvalue weighted by atomic mass is 10.1. The zero-order valence-electron chi connectivity index (χ0n) is 15.9. The summed E-state index contributed by atoms with van der Waals surface area (Å²) in [5, 5.41) is 7.36. The van der Waals surface area contributed by atoms with Gasteiger partial charge in [0.05, 0.1) is 23.6 Å². The van der Waals surface area contributed by atoms with E-state index in [1.807, 2.05) is 49.7 Å². The maximum Gasteiger partial charge on any atom is 0.387 e. The maximum atomic E-state index is 12.6. The van der Waals surface area contributed by atoms with E-state index in [0.717, 1.165) is 16.8 Å². The van der Waals surface area contributed by atoms with Crippen LogP contribution in [0.2, 0.25) is 0 Å². The summed E-state index contributed by atoms with van der Waals surface area (Å²) < 4.78 is 31.0. The average Bonchev–Trinajstić information content (AvgIpc) is 2.90. The first-order chi connectivity index (χ1) is 13.3. The number of hydrogen-bond acceptors (Lipinski definition) is 3. The zero-order valence-corrected chi connectivity index (χ0v) is 15.9. The van der Waals surface area contributed by atoms with E-state index >= 15 is 0 Å². The van der Waals surface area contributed by atoms with Gasteiger partial charge in [-0.15, -0.1) is 0 Å². The van der Waals surface area contributed by atoms with Gasteiger partial charge in [-0.3, -0.25) is 9.48 Å². The summed E-state index contributed by atoms with van der Waals surface area (Å²) >= 11 is 0. The lowest BCUT2D eigenvalue weighted by Gasteiger charge is -2.10. The Morgan fingerprint density at radius 1 is 1.14 bits per heavy atom. The number of nitrogens with one attached hydrogen (secondary N) is 1. The van der Waals surface area contributed by atoms with Crippen LogP contribution in [-0.2, 0) is 6.54 Å². The molecule has 3 aromatic rings. The summed E-state index contributed by atoms with van der Waals surface area (Å²) in [5.41, 5.74) is 4.63. The first kappa shape index (κ1) is 19.5. The van der Waals surface area contributed by atoms with Crippen LogP contribution in [-0.4, -0.2) is 22.3 Å². The van der Waals surface area contributed by atoms with Gasteiger partial charge in [-0.05, 0) is 50.1 Å². The number of rotatable bonds is 6. The molecule has 1 heterocycles. The number of hydrogen-bond donors (Lipinski definition) is 1. The molecule has 0 aliphatic carbocycles. The Bertz CT molecular complexity index is 999. The second kappa shape index (κ2) is 8.21. The van der Waals surface area contributed by atoms with Gasteiger partial charge in [-0.2, -0.15) is 13.9 Å². The van der Waals surface area contributed by atoms with Gasteiger partial charge >= 0.3 is 6.61 Å². The molecule has 0 fully saturated rings. The van der Waals surface area contributed by atoms with Crippen molar-refractivity contribution in [1.29, 1.82) is 0 Å². The first-order valence-electron chi connectivity index (χ1n) is 8.80. The summed E-state index contributed by atoms with van der Waals surface area (Å²) in [4.78, 5) is 12.6. The van der Waals surface area contributed by atoms with Crippen molar-refractivity contribution >= 4 is 11.6 Å². The summed E-state index contributed by atoms with van der Waals surface area (Å²) in [6.45, 7) is 3.38. The highest BCUT2D eigenvalue weighted by Gasteiger charge is 2.16. The predicted molar refractivity (Wildman–Crippen MR) is 103 cm³/mol. The third kappa shape index (κ3) is 4.36. The van der Waals surface area contributed by atoms with Crippen molar-refractivity contribution < 1.29 is 18.3 Å². The molecule has 0 unspecified atom stereocenters. The number of alkyl halides is 2. The first-order valence-corrected chi connectivity index (χ1v) is 8.80. The van der Waals surface area contributed by atoms with Crippen LogP contribution in [0.25, 0.3) is 0 Å². The Morgan fingerprint density at radius 3 is 2.61 bits per heavy atom. The molecule has 0 aliphatic rings. The van der Waals surface area contributed by atoms with Gasteiger partial charge in [-0.25, -0.2) is 0 Å².